The molecule has 0 aliphatic carbocycles. The molecule has 1 aliphatic heterocycles. The van der Waals surface area contributed by atoms with Crippen LogP contribution in [0.15, 0.2) is 47.5 Å². The van der Waals surface area contributed by atoms with Crippen LogP contribution in [0, 0.1) is 6.92 Å². The van der Waals surface area contributed by atoms with Crippen molar-refractivity contribution in [2.45, 2.75) is 66.0 Å². The third-order valence-electron chi connectivity index (χ3n) is 5.92. The topological polar surface area (TPSA) is 110 Å². The molecule has 198 valence electrons. The van der Waals surface area contributed by atoms with Crippen molar-refractivity contribution in [3.8, 4) is 0 Å². The number of aromatic nitrogens is 3. The van der Waals surface area contributed by atoms with E-state index in [1.165, 1.54) is 10.8 Å². The van der Waals surface area contributed by atoms with Gasteiger partial charge in [0.15, 0.2) is 5.94 Å². The molecule has 2 N–H and O–H groups in total. The maximum Gasteiger partial charge on any atom is 0.420 e. The predicted octanol–water partition coefficient (Wildman–Crippen LogP) is 5.34. The number of halogens is 1. The second kappa shape index (κ2) is 10.4. The van der Waals surface area contributed by atoms with Crippen molar-refractivity contribution < 1.29 is 14.3 Å². The molecule has 1 atom stereocenters. The molecule has 0 amide bonds. The van der Waals surface area contributed by atoms with Crippen LogP contribution >= 0.6 is 11.6 Å². The van der Waals surface area contributed by atoms with E-state index in [2.05, 4.69) is 20.6 Å². The van der Waals surface area contributed by atoms with Crippen molar-refractivity contribution in [2.24, 2.45) is 4.99 Å². The zero-order chi connectivity index (χ0) is 27.8. The van der Waals surface area contributed by atoms with Crippen LogP contribution in [0.2, 0.25) is 5.02 Å². The molecule has 3 aromatic heterocycles. The quantitative estimate of drug-likeness (QED) is 0.434. The number of carbonyl (C=O) groups excluding carboxylic acids is 2. The summed E-state index contributed by atoms with van der Waals surface area (Å²) in [7, 11) is 0. The molecule has 3 aromatic rings. The zero-order valence-electron chi connectivity index (χ0n) is 22.5. The van der Waals surface area contributed by atoms with Crippen LogP contribution in [0.3, 0.4) is 0 Å². The van der Waals surface area contributed by atoms with Gasteiger partial charge in [-0.05, 0) is 64.8 Å². The Kier molecular flexibility index (Phi) is 7.44. The van der Waals surface area contributed by atoms with Crippen LogP contribution in [-0.4, -0.2) is 44.2 Å². The minimum Gasteiger partial charge on any atom is -0.443 e. The Morgan fingerprint density at radius 1 is 1.21 bits per heavy atom. The van der Waals surface area contributed by atoms with Gasteiger partial charge in [0.2, 0.25) is 5.96 Å². The Balaban J connectivity index is 1.72. The number of carbonyl (C=O) groups is 1. The van der Waals surface area contributed by atoms with Gasteiger partial charge in [-0.15, -0.1) is 0 Å². The van der Waals surface area contributed by atoms with E-state index in [-0.39, 0.29) is 17.7 Å². The van der Waals surface area contributed by atoms with E-state index in [0.717, 1.165) is 22.2 Å². The fraction of sp³-hybridized carbons (Fsp3) is 0.357. The van der Waals surface area contributed by atoms with Crippen LogP contribution in [-0.2, 0) is 9.53 Å². The van der Waals surface area contributed by atoms with Gasteiger partial charge in [-0.3, -0.25) is 4.98 Å². The van der Waals surface area contributed by atoms with Gasteiger partial charge in [-0.2, -0.15) is 0 Å². The van der Waals surface area contributed by atoms with Gasteiger partial charge in [-0.1, -0.05) is 24.6 Å². The average Bonchev–Trinajstić information content (AvgIpc) is 3.21. The van der Waals surface area contributed by atoms with Crippen molar-refractivity contribution in [2.75, 3.05) is 0 Å². The molecular formula is C28H31ClN6O3. The van der Waals surface area contributed by atoms with E-state index in [1.54, 1.807) is 18.5 Å². The Morgan fingerprint density at radius 3 is 2.58 bits per heavy atom. The van der Waals surface area contributed by atoms with Crippen LogP contribution in [0.1, 0.15) is 70.0 Å². The molecule has 0 fully saturated rings. The lowest BCUT2D eigenvalue weighted by Crippen LogP contribution is -2.39. The van der Waals surface area contributed by atoms with Gasteiger partial charge in [-0.25, -0.2) is 24.1 Å². The number of allylic oxidation sites excluding steroid dienone is 1. The maximum absolute atomic E-state index is 13.0. The minimum absolute atomic E-state index is 0.0559. The molecule has 9 nitrogen and oxygen atoms in total. The summed E-state index contributed by atoms with van der Waals surface area (Å²) in [6.07, 6.45) is 4.44. The third kappa shape index (κ3) is 5.64. The number of ether oxygens (including phenoxy) is 1. The first-order valence-corrected chi connectivity index (χ1v) is 12.7. The van der Waals surface area contributed by atoms with E-state index >= 15 is 0 Å². The summed E-state index contributed by atoms with van der Waals surface area (Å²) in [6.45, 7) is 13.3. The first kappa shape index (κ1) is 27.1. The van der Waals surface area contributed by atoms with E-state index in [4.69, 9.17) is 21.3 Å². The second-order valence-electron chi connectivity index (χ2n) is 10.4. The van der Waals surface area contributed by atoms with Crippen molar-refractivity contribution >= 4 is 46.2 Å². The summed E-state index contributed by atoms with van der Waals surface area (Å²) in [4.78, 5) is 38.2. The molecule has 0 radical (unpaired) electrons. The Bertz CT molecular complexity index is 1520. The SMILES string of the molecule is Cc1nc(C2=CNC(=NC(C)C)NC2=C=O)ccc1C(C)c1cn(C(=O)OC(C)(C)C)c2ncc(Cl)cc12. The van der Waals surface area contributed by atoms with Gasteiger partial charge < -0.3 is 15.4 Å². The molecule has 0 spiro atoms. The lowest BCUT2D eigenvalue weighted by molar-refractivity contribution is 0.0543. The fourth-order valence-corrected chi connectivity index (χ4v) is 4.45. The number of nitrogens with one attached hydrogen (secondary N) is 2. The van der Waals surface area contributed by atoms with Crippen molar-refractivity contribution in [3.63, 3.8) is 0 Å². The summed E-state index contributed by atoms with van der Waals surface area (Å²) in [5.74, 6) is 2.29. The number of aliphatic imine (C=N–C) groups is 1. The van der Waals surface area contributed by atoms with Gasteiger partial charge >= 0.3 is 6.09 Å². The molecule has 0 saturated carbocycles. The number of hydrogen-bond acceptors (Lipinski definition) is 6. The highest BCUT2D eigenvalue weighted by molar-refractivity contribution is 6.31. The normalized spacial score (nSPS) is 15.7. The number of rotatable bonds is 4. The monoisotopic (exact) mass is 534 g/mol. The summed E-state index contributed by atoms with van der Waals surface area (Å²) in [6, 6.07) is 5.68. The first-order chi connectivity index (χ1) is 17.9. The Labute approximate surface area is 226 Å². The van der Waals surface area contributed by atoms with Gasteiger partial charge in [0.25, 0.3) is 0 Å². The summed E-state index contributed by atoms with van der Waals surface area (Å²) < 4.78 is 7.01. The second-order valence-corrected chi connectivity index (χ2v) is 10.9. The molecule has 1 aliphatic rings. The smallest absolute Gasteiger partial charge is 0.420 e. The highest BCUT2D eigenvalue weighted by Gasteiger charge is 2.25. The van der Waals surface area contributed by atoms with Crippen molar-refractivity contribution in [1.82, 2.24) is 25.2 Å². The maximum atomic E-state index is 13.0. The highest BCUT2D eigenvalue weighted by atomic mass is 35.5. The highest BCUT2D eigenvalue weighted by Crippen LogP contribution is 2.35. The molecule has 0 bridgehead atoms. The van der Waals surface area contributed by atoms with E-state index in [1.807, 2.05) is 66.5 Å². The molecular weight excluding hydrogens is 504 g/mol. The molecule has 4 heterocycles. The van der Waals surface area contributed by atoms with Gasteiger partial charge in [0, 0.05) is 41.6 Å². The van der Waals surface area contributed by atoms with Crippen molar-refractivity contribution in [1.29, 1.82) is 0 Å². The zero-order valence-corrected chi connectivity index (χ0v) is 23.3. The molecule has 4 rings (SSSR count). The summed E-state index contributed by atoms with van der Waals surface area (Å²) in [5.41, 5.74) is 3.86. The van der Waals surface area contributed by atoms with Crippen LogP contribution < -0.4 is 10.6 Å². The number of fused-ring (bicyclic) bond motifs is 1. The Morgan fingerprint density at radius 2 is 1.95 bits per heavy atom. The minimum atomic E-state index is -0.657. The molecule has 0 saturated heterocycles. The van der Waals surface area contributed by atoms with Crippen LogP contribution in [0.5, 0.6) is 0 Å². The lowest BCUT2D eigenvalue weighted by Gasteiger charge is -2.21. The van der Waals surface area contributed by atoms with Gasteiger partial charge in [0.05, 0.1) is 16.3 Å². The van der Waals surface area contributed by atoms with Crippen molar-refractivity contribution in [3.05, 3.63) is 70.0 Å². The molecule has 38 heavy (non-hydrogen) atoms. The Hall–Kier alpha value is -3.94. The fourth-order valence-electron chi connectivity index (χ4n) is 4.29. The summed E-state index contributed by atoms with van der Waals surface area (Å²) in [5, 5.41) is 7.27. The largest absolute Gasteiger partial charge is 0.443 e. The standard InChI is InChI=1S/C28H31ClN6O3/c1-15(2)32-26-31-12-21(24(14-36)34-26)23-9-8-19(17(4)33-23)16(3)22-13-35(27(37)38-28(5,6)7)25-20(22)10-18(29)11-30-25/h8-13,15-16H,1-7H3,(H2,31,32,34). The summed E-state index contributed by atoms with van der Waals surface area (Å²) >= 11 is 6.28. The first-order valence-electron chi connectivity index (χ1n) is 12.3. The number of hydrogen-bond donors (Lipinski definition) is 2. The lowest BCUT2D eigenvalue weighted by atomic mass is 9.91. The number of nitrogens with zero attached hydrogens (tertiary/aromatic N) is 4. The number of aryl methyl sites for hydroxylation is 1. The van der Waals surface area contributed by atoms with Crippen LogP contribution in [0.25, 0.3) is 16.6 Å². The number of guanidine groups is 1. The molecule has 1 unspecified atom stereocenters. The molecule has 10 heteroatoms. The number of pyridine rings is 2. The third-order valence-corrected chi connectivity index (χ3v) is 6.13. The van der Waals surface area contributed by atoms with Gasteiger partial charge in [0.1, 0.15) is 16.9 Å². The van der Waals surface area contributed by atoms with E-state index < -0.39 is 11.7 Å². The van der Waals surface area contributed by atoms with Crippen LogP contribution in [0.4, 0.5) is 4.79 Å². The molecule has 0 aromatic carbocycles. The predicted molar refractivity (Wildman–Crippen MR) is 149 cm³/mol. The van der Waals surface area contributed by atoms with E-state index in [0.29, 0.717) is 27.9 Å². The average molecular weight is 535 g/mol. The van der Waals surface area contributed by atoms with E-state index in [9.17, 15) is 9.59 Å².